The van der Waals surface area contributed by atoms with Crippen molar-refractivity contribution in [1.82, 2.24) is 25.4 Å². The topological polar surface area (TPSA) is 96.6 Å². The van der Waals surface area contributed by atoms with Gasteiger partial charge in [0.25, 0.3) is 0 Å². The highest BCUT2D eigenvalue weighted by Crippen LogP contribution is 2.45. The van der Waals surface area contributed by atoms with Crippen LogP contribution in [-0.2, 0) is 24.3 Å². The predicted octanol–water partition coefficient (Wildman–Crippen LogP) is 0.0669. The average Bonchev–Trinajstić information content (AvgIpc) is 3.26. The molecule has 8 heteroatoms. The van der Waals surface area contributed by atoms with Gasteiger partial charge in [-0.1, -0.05) is 0 Å². The maximum absolute atomic E-state index is 9.44. The van der Waals surface area contributed by atoms with Crippen LogP contribution in [0.3, 0.4) is 0 Å². The van der Waals surface area contributed by atoms with Crippen molar-refractivity contribution in [3.05, 3.63) is 11.6 Å². The minimum atomic E-state index is 0.0308. The number of ether oxygens (including phenoxy) is 1. The summed E-state index contributed by atoms with van der Waals surface area (Å²) < 4.78 is 7.07. The van der Waals surface area contributed by atoms with Crippen molar-refractivity contribution >= 4 is 5.96 Å². The Labute approximate surface area is 142 Å². The number of nitrogens with one attached hydrogen (secondary N) is 2. The van der Waals surface area contributed by atoms with Crippen molar-refractivity contribution in [3.63, 3.8) is 0 Å². The van der Waals surface area contributed by atoms with E-state index in [0.717, 1.165) is 56.4 Å². The summed E-state index contributed by atoms with van der Waals surface area (Å²) in [6.45, 7) is 5.01. The quantitative estimate of drug-likeness (QED) is 0.481. The minimum absolute atomic E-state index is 0.0308. The molecule has 8 nitrogen and oxygen atoms in total. The van der Waals surface area contributed by atoms with Gasteiger partial charge in [0.1, 0.15) is 12.4 Å². The summed E-state index contributed by atoms with van der Waals surface area (Å²) in [7, 11) is 1.66. The van der Waals surface area contributed by atoms with Gasteiger partial charge in [0.2, 0.25) is 0 Å². The van der Waals surface area contributed by atoms with E-state index in [1.807, 2.05) is 4.68 Å². The molecule has 1 atom stereocenters. The highest BCUT2D eigenvalue weighted by Gasteiger charge is 2.41. The van der Waals surface area contributed by atoms with Crippen LogP contribution in [-0.4, -0.2) is 58.7 Å². The molecule has 0 radical (unpaired) electrons. The normalized spacial score (nSPS) is 22.1. The van der Waals surface area contributed by atoms with Crippen molar-refractivity contribution in [2.24, 2.45) is 10.4 Å². The van der Waals surface area contributed by atoms with Crippen molar-refractivity contribution in [2.45, 2.75) is 51.8 Å². The first-order valence-corrected chi connectivity index (χ1v) is 8.75. The molecule has 3 N–H and O–H groups in total. The lowest BCUT2D eigenvalue weighted by Crippen LogP contribution is -2.47. The second-order valence-electron chi connectivity index (χ2n) is 6.79. The van der Waals surface area contributed by atoms with Gasteiger partial charge in [0.15, 0.2) is 11.8 Å². The fraction of sp³-hybridized carbons (Fsp3) is 0.812. The summed E-state index contributed by atoms with van der Waals surface area (Å²) in [6, 6.07) is 0.275. The van der Waals surface area contributed by atoms with Gasteiger partial charge < -0.3 is 20.5 Å². The molecule has 2 aliphatic rings. The van der Waals surface area contributed by atoms with Crippen LogP contribution in [0.2, 0.25) is 0 Å². The molecule has 1 unspecified atom stereocenters. The largest absolute Gasteiger partial charge is 0.396 e. The summed E-state index contributed by atoms with van der Waals surface area (Å²) in [5.74, 6) is 2.59. The first-order valence-electron chi connectivity index (χ1n) is 8.75. The lowest BCUT2D eigenvalue weighted by molar-refractivity contribution is 0.177. The van der Waals surface area contributed by atoms with Gasteiger partial charge in [-0.15, -0.1) is 0 Å². The van der Waals surface area contributed by atoms with Gasteiger partial charge in [-0.3, -0.25) is 4.99 Å². The zero-order valence-electron chi connectivity index (χ0n) is 14.6. The molecule has 134 valence electrons. The molecule has 1 aliphatic heterocycles. The van der Waals surface area contributed by atoms with E-state index in [1.165, 1.54) is 0 Å². The van der Waals surface area contributed by atoms with E-state index in [-0.39, 0.29) is 18.1 Å². The van der Waals surface area contributed by atoms with Crippen LogP contribution in [0.15, 0.2) is 4.99 Å². The molecule has 24 heavy (non-hydrogen) atoms. The average molecular weight is 336 g/mol. The smallest absolute Gasteiger partial charge is 0.191 e. The molecular formula is C16H28N6O2. The highest BCUT2D eigenvalue weighted by atomic mass is 16.5. The molecule has 1 fully saturated rings. The van der Waals surface area contributed by atoms with Crippen LogP contribution in [0, 0.1) is 5.41 Å². The molecule has 3 rings (SSSR count). The van der Waals surface area contributed by atoms with E-state index in [4.69, 9.17) is 4.74 Å². The van der Waals surface area contributed by atoms with Crippen molar-refractivity contribution in [1.29, 1.82) is 0 Å². The Morgan fingerprint density at radius 3 is 3.00 bits per heavy atom. The highest BCUT2D eigenvalue weighted by molar-refractivity contribution is 5.80. The second kappa shape index (κ2) is 7.48. The number of hydrogen-bond donors (Lipinski definition) is 3. The lowest BCUT2D eigenvalue weighted by Gasteiger charge is -2.25. The monoisotopic (exact) mass is 336 g/mol. The van der Waals surface area contributed by atoms with E-state index < -0.39 is 0 Å². The third-order valence-electron chi connectivity index (χ3n) is 4.73. The lowest BCUT2D eigenvalue weighted by atomic mass is 10.1. The Morgan fingerprint density at radius 2 is 2.33 bits per heavy atom. The van der Waals surface area contributed by atoms with Gasteiger partial charge in [-0.05, 0) is 26.2 Å². The Balaban J connectivity index is 1.59. The minimum Gasteiger partial charge on any atom is -0.396 e. The second-order valence-corrected chi connectivity index (χ2v) is 6.79. The first kappa shape index (κ1) is 17.2. The molecule has 1 aromatic rings. The zero-order valence-corrected chi connectivity index (χ0v) is 14.6. The fourth-order valence-electron chi connectivity index (χ4n) is 2.97. The number of methoxy groups -OCH3 is 1. The third-order valence-corrected chi connectivity index (χ3v) is 4.73. The van der Waals surface area contributed by atoms with Gasteiger partial charge in [0.05, 0.1) is 19.7 Å². The molecule has 2 heterocycles. The summed E-state index contributed by atoms with van der Waals surface area (Å²) in [5.41, 5.74) is 0.0308. The Kier molecular flexibility index (Phi) is 5.35. The number of fused-ring (bicyclic) bond motifs is 1. The molecule has 0 aromatic carbocycles. The van der Waals surface area contributed by atoms with Gasteiger partial charge in [-0.25, -0.2) is 9.67 Å². The number of aryl methyl sites for hydroxylation is 1. The number of aliphatic hydroxyl groups excluding tert-OH is 1. The number of aliphatic imine (C=N–C) groups is 1. The van der Waals surface area contributed by atoms with E-state index in [0.29, 0.717) is 13.2 Å². The molecular weight excluding hydrogens is 308 g/mol. The van der Waals surface area contributed by atoms with Gasteiger partial charge in [-0.2, -0.15) is 5.10 Å². The Bertz CT molecular complexity index is 581. The Hall–Kier alpha value is -1.67. The van der Waals surface area contributed by atoms with Crippen molar-refractivity contribution < 1.29 is 9.84 Å². The van der Waals surface area contributed by atoms with Crippen LogP contribution >= 0.6 is 0 Å². The van der Waals surface area contributed by atoms with Crippen LogP contribution in [0.25, 0.3) is 0 Å². The molecule has 0 amide bonds. The number of nitrogens with zero attached hydrogens (tertiary/aromatic N) is 4. The molecule has 1 aromatic heterocycles. The summed E-state index contributed by atoms with van der Waals surface area (Å²) in [4.78, 5) is 9.18. The predicted molar refractivity (Wildman–Crippen MR) is 90.7 cm³/mol. The van der Waals surface area contributed by atoms with Crippen molar-refractivity contribution in [2.75, 3.05) is 26.8 Å². The Morgan fingerprint density at radius 1 is 1.50 bits per heavy atom. The maximum Gasteiger partial charge on any atom is 0.191 e. The number of hydrogen-bond acceptors (Lipinski definition) is 5. The summed E-state index contributed by atoms with van der Waals surface area (Å²) >= 11 is 0. The standard InChI is InChI=1S/C16H28N6O2/c1-3-17-15(18-10-16(11-23)6-7-16)19-12-4-5-14-20-13(9-24-2)21-22(14)8-12/h12,23H,3-11H2,1-2H3,(H2,17,18,19). The number of guanidine groups is 1. The number of aliphatic hydroxyl groups is 1. The number of rotatable bonds is 7. The summed E-state index contributed by atoms with van der Waals surface area (Å²) in [6.07, 6.45) is 4.04. The first-order chi connectivity index (χ1) is 11.7. The zero-order chi connectivity index (χ0) is 17.0. The van der Waals surface area contributed by atoms with Crippen LogP contribution in [0.4, 0.5) is 0 Å². The van der Waals surface area contributed by atoms with Crippen LogP contribution < -0.4 is 10.6 Å². The summed E-state index contributed by atoms with van der Waals surface area (Å²) in [5, 5.41) is 20.7. The van der Waals surface area contributed by atoms with E-state index in [1.54, 1.807) is 7.11 Å². The molecule has 0 bridgehead atoms. The SMILES string of the molecule is CCNC(=NCC1(CO)CC1)NC1CCc2nc(COC)nn2C1. The fourth-order valence-corrected chi connectivity index (χ4v) is 2.97. The third kappa shape index (κ3) is 4.05. The van der Waals surface area contributed by atoms with Gasteiger partial charge in [0, 0.05) is 31.5 Å². The number of aromatic nitrogens is 3. The van der Waals surface area contributed by atoms with Crippen molar-refractivity contribution in [3.8, 4) is 0 Å². The van der Waals surface area contributed by atoms with E-state index >= 15 is 0 Å². The molecule has 0 saturated heterocycles. The molecule has 0 spiro atoms. The van der Waals surface area contributed by atoms with Crippen LogP contribution in [0.1, 0.15) is 37.8 Å². The molecule has 1 saturated carbocycles. The van der Waals surface area contributed by atoms with Gasteiger partial charge >= 0.3 is 0 Å². The maximum atomic E-state index is 9.44. The molecule has 1 aliphatic carbocycles. The van der Waals surface area contributed by atoms with E-state index in [2.05, 4.69) is 32.6 Å². The van der Waals surface area contributed by atoms with Crippen LogP contribution in [0.5, 0.6) is 0 Å². The van der Waals surface area contributed by atoms with E-state index in [9.17, 15) is 5.11 Å².